The zero-order chi connectivity index (χ0) is 16.9. The molecule has 0 atom stereocenters. The van der Waals surface area contributed by atoms with Gasteiger partial charge in [0.25, 0.3) is 0 Å². The van der Waals surface area contributed by atoms with Crippen molar-refractivity contribution in [2.75, 3.05) is 11.9 Å². The van der Waals surface area contributed by atoms with Crippen LogP contribution in [0.2, 0.25) is 10.0 Å². The van der Waals surface area contributed by atoms with E-state index >= 15 is 0 Å². The number of nitrogens with zero attached hydrogens (tertiary/aromatic N) is 1. The van der Waals surface area contributed by atoms with Gasteiger partial charge in [-0.3, -0.25) is 0 Å². The number of aliphatic hydroxyl groups is 1. The lowest BCUT2D eigenvalue weighted by Gasteiger charge is -2.04. The highest BCUT2D eigenvalue weighted by Crippen LogP contribution is 2.31. The third-order valence-electron chi connectivity index (χ3n) is 3.55. The van der Waals surface area contributed by atoms with Crippen LogP contribution >= 0.6 is 34.5 Å². The number of nitrogens with one attached hydrogen (secondary N) is 1. The number of benzene rings is 2. The SMILES string of the molecule is OCCCc1ccc(Nc2nc(-c3ccc(Cl)c(Cl)c3)cs2)cc1. The first kappa shape index (κ1) is 17.2. The Kier molecular flexibility index (Phi) is 5.74. The number of thiazole rings is 1. The zero-order valence-electron chi connectivity index (χ0n) is 12.8. The second-order valence-electron chi connectivity index (χ2n) is 5.32. The second kappa shape index (κ2) is 7.99. The molecule has 0 saturated carbocycles. The Balaban J connectivity index is 1.70. The number of halogens is 2. The number of aliphatic hydroxyl groups excluding tert-OH is 1. The molecule has 2 N–H and O–H groups in total. The van der Waals surface area contributed by atoms with Crippen LogP contribution in [0.15, 0.2) is 47.8 Å². The third kappa shape index (κ3) is 4.28. The van der Waals surface area contributed by atoms with E-state index in [9.17, 15) is 0 Å². The average molecular weight is 379 g/mol. The smallest absolute Gasteiger partial charge is 0.187 e. The molecule has 2 aromatic carbocycles. The van der Waals surface area contributed by atoms with Crippen LogP contribution in [0, 0.1) is 0 Å². The minimum Gasteiger partial charge on any atom is -0.396 e. The summed E-state index contributed by atoms with van der Waals surface area (Å²) in [6.45, 7) is 0.219. The van der Waals surface area contributed by atoms with Crippen LogP contribution < -0.4 is 5.32 Å². The van der Waals surface area contributed by atoms with Crippen molar-refractivity contribution in [3.8, 4) is 11.3 Å². The second-order valence-corrected chi connectivity index (χ2v) is 6.99. The highest BCUT2D eigenvalue weighted by Gasteiger charge is 2.07. The molecule has 6 heteroatoms. The molecule has 1 heterocycles. The summed E-state index contributed by atoms with van der Waals surface area (Å²) in [7, 11) is 0. The molecule has 1 aromatic heterocycles. The number of anilines is 2. The predicted molar refractivity (Wildman–Crippen MR) is 103 cm³/mol. The monoisotopic (exact) mass is 378 g/mol. The van der Waals surface area contributed by atoms with E-state index in [0.717, 1.165) is 34.9 Å². The van der Waals surface area contributed by atoms with Crippen molar-refractivity contribution in [3.05, 3.63) is 63.5 Å². The fourth-order valence-electron chi connectivity index (χ4n) is 2.28. The Labute approximate surface area is 154 Å². The van der Waals surface area contributed by atoms with Crippen LogP contribution in [0.4, 0.5) is 10.8 Å². The number of rotatable bonds is 6. The maximum Gasteiger partial charge on any atom is 0.187 e. The highest BCUT2D eigenvalue weighted by atomic mass is 35.5. The van der Waals surface area contributed by atoms with Crippen molar-refractivity contribution in [2.45, 2.75) is 12.8 Å². The van der Waals surface area contributed by atoms with Gasteiger partial charge in [0.05, 0.1) is 15.7 Å². The summed E-state index contributed by atoms with van der Waals surface area (Å²) in [6, 6.07) is 13.7. The van der Waals surface area contributed by atoms with E-state index in [2.05, 4.69) is 22.4 Å². The summed E-state index contributed by atoms with van der Waals surface area (Å²) in [5.74, 6) is 0. The molecule has 0 saturated heterocycles. The van der Waals surface area contributed by atoms with Gasteiger partial charge in [-0.2, -0.15) is 0 Å². The van der Waals surface area contributed by atoms with E-state index in [1.165, 1.54) is 16.9 Å². The van der Waals surface area contributed by atoms with Crippen LogP contribution in [0.5, 0.6) is 0 Å². The van der Waals surface area contributed by atoms with Gasteiger partial charge >= 0.3 is 0 Å². The van der Waals surface area contributed by atoms with Gasteiger partial charge < -0.3 is 10.4 Å². The van der Waals surface area contributed by atoms with E-state index in [4.69, 9.17) is 28.3 Å². The Morgan fingerprint density at radius 2 is 1.83 bits per heavy atom. The summed E-state index contributed by atoms with van der Waals surface area (Å²) in [5.41, 5.74) is 4.00. The van der Waals surface area contributed by atoms with Crippen molar-refractivity contribution in [1.82, 2.24) is 4.98 Å². The topological polar surface area (TPSA) is 45.1 Å². The molecule has 124 valence electrons. The Morgan fingerprint density at radius 1 is 1.04 bits per heavy atom. The number of aromatic nitrogens is 1. The van der Waals surface area contributed by atoms with Crippen molar-refractivity contribution < 1.29 is 5.11 Å². The molecule has 3 aromatic rings. The summed E-state index contributed by atoms with van der Waals surface area (Å²) in [6.07, 6.45) is 1.67. The maximum absolute atomic E-state index is 8.87. The van der Waals surface area contributed by atoms with Crippen molar-refractivity contribution in [3.63, 3.8) is 0 Å². The lowest BCUT2D eigenvalue weighted by atomic mass is 10.1. The first-order valence-electron chi connectivity index (χ1n) is 7.53. The van der Waals surface area contributed by atoms with E-state index in [-0.39, 0.29) is 6.61 Å². The molecular formula is C18H16Cl2N2OS. The average Bonchev–Trinajstić information content (AvgIpc) is 3.05. The first-order valence-corrected chi connectivity index (χ1v) is 9.17. The first-order chi connectivity index (χ1) is 11.7. The summed E-state index contributed by atoms with van der Waals surface area (Å²) in [4.78, 5) is 4.59. The molecule has 0 aliphatic carbocycles. The third-order valence-corrected chi connectivity index (χ3v) is 5.05. The molecule has 0 amide bonds. The van der Waals surface area contributed by atoms with Gasteiger partial charge in [-0.15, -0.1) is 11.3 Å². The summed E-state index contributed by atoms with van der Waals surface area (Å²) in [5, 5.41) is 16.0. The van der Waals surface area contributed by atoms with Crippen molar-refractivity contribution >= 4 is 45.4 Å². The maximum atomic E-state index is 8.87. The highest BCUT2D eigenvalue weighted by molar-refractivity contribution is 7.14. The van der Waals surface area contributed by atoms with E-state index < -0.39 is 0 Å². The van der Waals surface area contributed by atoms with Crippen LogP contribution in [0.3, 0.4) is 0 Å². The molecule has 3 rings (SSSR count). The number of hydrogen-bond donors (Lipinski definition) is 2. The molecule has 0 aliphatic heterocycles. The molecule has 0 bridgehead atoms. The Bertz CT molecular complexity index is 818. The van der Waals surface area contributed by atoms with Gasteiger partial charge in [0.15, 0.2) is 5.13 Å². The molecule has 0 spiro atoms. The van der Waals surface area contributed by atoms with Gasteiger partial charge in [-0.25, -0.2) is 4.98 Å². The van der Waals surface area contributed by atoms with Crippen LogP contribution in [-0.4, -0.2) is 16.7 Å². The normalized spacial score (nSPS) is 10.8. The van der Waals surface area contributed by atoms with E-state index in [1.54, 1.807) is 6.07 Å². The van der Waals surface area contributed by atoms with E-state index in [0.29, 0.717) is 10.0 Å². The quantitative estimate of drug-likeness (QED) is 0.570. The molecule has 0 fully saturated rings. The zero-order valence-corrected chi connectivity index (χ0v) is 15.1. The largest absolute Gasteiger partial charge is 0.396 e. The predicted octanol–water partition coefficient (Wildman–Crippen LogP) is 5.79. The standard InChI is InChI=1S/C18H16Cl2N2OS/c19-15-8-5-13(10-16(15)20)17-11-24-18(22-17)21-14-6-3-12(4-7-14)2-1-9-23/h3-8,10-11,23H,1-2,9H2,(H,21,22). The molecule has 0 unspecified atom stereocenters. The van der Waals surface area contributed by atoms with Gasteiger partial charge in [-0.1, -0.05) is 41.4 Å². The van der Waals surface area contributed by atoms with Gasteiger partial charge in [0.2, 0.25) is 0 Å². The lowest BCUT2D eigenvalue weighted by Crippen LogP contribution is -1.92. The minimum atomic E-state index is 0.219. The van der Waals surface area contributed by atoms with Crippen LogP contribution in [0.25, 0.3) is 11.3 Å². The van der Waals surface area contributed by atoms with Gasteiger partial charge in [0, 0.05) is 23.2 Å². The number of hydrogen-bond acceptors (Lipinski definition) is 4. The molecule has 0 radical (unpaired) electrons. The van der Waals surface area contributed by atoms with Gasteiger partial charge in [0.1, 0.15) is 0 Å². The van der Waals surface area contributed by atoms with Crippen LogP contribution in [0.1, 0.15) is 12.0 Å². The Hall–Kier alpha value is -1.59. The fourth-order valence-corrected chi connectivity index (χ4v) is 3.32. The summed E-state index contributed by atoms with van der Waals surface area (Å²) < 4.78 is 0. The molecule has 3 nitrogen and oxygen atoms in total. The van der Waals surface area contributed by atoms with E-state index in [1.807, 2.05) is 29.6 Å². The lowest BCUT2D eigenvalue weighted by molar-refractivity contribution is 0.288. The minimum absolute atomic E-state index is 0.219. The van der Waals surface area contributed by atoms with Crippen molar-refractivity contribution in [1.29, 1.82) is 0 Å². The van der Waals surface area contributed by atoms with Crippen molar-refractivity contribution in [2.24, 2.45) is 0 Å². The van der Waals surface area contributed by atoms with Gasteiger partial charge in [-0.05, 0) is 42.7 Å². The van der Waals surface area contributed by atoms with Crippen LogP contribution in [-0.2, 0) is 6.42 Å². The molecule has 24 heavy (non-hydrogen) atoms. The fraction of sp³-hybridized carbons (Fsp3) is 0.167. The Morgan fingerprint density at radius 3 is 2.54 bits per heavy atom. The molecular weight excluding hydrogens is 363 g/mol. The number of aryl methyl sites for hydroxylation is 1. The summed E-state index contributed by atoms with van der Waals surface area (Å²) >= 11 is 13.5. The molecule has 0 aliphatic rings.